The van der Waals surface area contributed by atoms with Crippen molar-refractivity contribution in [3.8, 4) is 22.8 Å². The Kier molecular flexibility index (Phi) is 6.20. The fourth-order valence-corrected chi connectivity index (χ4v) is 10.1. The zero-order valence-corrected chi connectivity index (χ0v) is 27.3. The largest absolute Gasteiger partial charge is 0.255 e. The molecule has 4 aromatic heterocycles. The summed E-state index contributed by atoms with van der Waals surface area (Å²) in [5.41, 5.74) is 13.3. The van der Waals surface area contributed by atoms with Crippen LogP contribution in [0.25, 0.3) is 22.8 Å². The molecule has 46 heavy (non-hydrogen) atoms. The third kappa shape index (κ3) is 4.18. The molecule has 0 N–H and O–H groups in total. The molecule has 0 saturated heterocycles. The van der Waals surface area contributed by atoms with Crippen LogP contribution < -0.4 is 0 Å². The number of hydrogen-bond acceptors (Lipinski definition) is 4. The van der Waals surface area contributed by atoms with E-state index in [1.165, 1.54) is 46.2 Å². The zero-order valence-electron chi connectivity index (χ0n) is 27.3. The highest BCUT2D eigenvalue weighted by molar-refractivity contribution is 5.59. The number of hydrogen-bond donors (Lipinski definition) is 0. The Bertz CT molecular complexity index is 1790. The first-order valence-electron chi connectivity index (χ1n) is 17.2. The van der Waals surface area contributed by atoms with Crippen molar-refractivity contribution in [1.29, 1.82) is 0 Å². The molecule has 0 radical (unpaired) electrons. The molecule has 5 aromatic rings. The van der Waals surface area contributed by atoms with Crippen molar-refractivity contribution in [2.75, 3.05) is 0 Å². The Balaban J connectivity index is 1.00. The second-order valence-electron chi connectivity index (χ2n) is 15.7. The minimum Gasteiger partial charge on any atom is -0.255 e. The van der Waals surface area contributed by atoms with Gasteiger partial charge >= 0.3 is 0 Å². The van der Waals surface area contributed by atoms with Crippen LogP contribution in [0.5, 0.6) is 0 Å². The molecule has 6 atom stereocenters. The summed E-state index contributed by atoms with van der Waals surface area (Å²) < 4.78 is 0. The predicted octanol–water partition coefficient (Wildman–Crippen LogP) is 9.54. The Morgan fingerprint density at radius 2 is 0.957 bits per heavy atom. The standard InChI is InChI=1S/C42H42N4/c1-41(2)33-21-35(41)31-23-45-39(37-9-5-7-15-43-37)19-27(31)29(33)17-25-11-13-26(14-12-25)18-30-28-20-40(38-10-6-8-16-44-38)46-24-32(28)36-22-34(30)42(36,3)4/h5-16,19-20,23-24,29-30,33-36H,17-18,21-22H2,1-4H3/t29-,30?,33?,34-,35-,36+/m1/s1. The van der Waals surface area contributed by atoms with E-state index in [4.69, 9.17) is 9.97 Å². The lowest BCUT2D eigenvalue weighted by atomic mass is 9.43. The second kappa shape index (κ2) is 10.2. The monoisotopic (exact) mass is 602 g/mol. The van der Waals surface area contributed by atoms with Gasteiger partial charge in [-0.25, -0.2) is 0 Å². The molecule has 2 unspecified atom stereocenters. The second-order valence-corrected chi connectivity index (χ2v) is 15.7. The van der Waals surface area contributed by atoms with Crippen molar-refractivity contribution in [3.05, 3.63) is 131 Å². The SMILES string of the molecule is CC1(C)C2C[C@@H]1c1cnc(-c3ccccn3)cc1[C@H]2Cc1ccc(CC2c3cc(-c4ccccn4)ncc3[C@@H]3C[C@H]2C3(C)C)cc1. The van der Waals surface area contributed by atoms with E-state index in [0.717, 1.165) is 35.6 Å². The van der Waals surface area contributed by atoms with Crippen LogP contribution in [0.2, 0.25) is 0 Å². The van der Waals surface area contributed by atoms with Crippen molar-refractivity contribution < 1.29 is 0 Å². The molecular weight excluding hydrogens is 560 g/mol. The molecule has 4 heteroatoms. The first-order chi connectivity index (χ1) is 22.3. The molecule has 6 aliphatic carbocycles. The van der Waals surface area contributed by atoms with Crippen LogP contribution in [0.1, 0.15) is 97.6 Å². The molecule has 4 bridgehead atoms. The quantitative estimate of drug-likeness (QED) is 0.194. The van der Waals surface area contributed by atoms with Gasteiger partial charge in [0.2, 0.25) is 0 Å². The number of benzene rings is 1. The molecule has 4 nitrogen and oxygen atoms in total. The Morgan fingerprint density at radius 3 is 1.33 bits per heavy atom. The Hall–Kier alpha value is -4.18. The zero-order chi connectivity index (χ0) is 31.2. The van der Waals surface area contributed by atoms with E-state index in [1.807, 2.05) is 24.5 Å². The summed E-state index contributed by atoms with van der Waals surface area (Å²) in [4.78, 5) is 19.0. The number of pyridine rings is 4. The number of nitrogens with zero attached hydrogens (tertiary/aromatic N) is 4. The fourth-order valence-electron chi connectivity index (χ4n) is 10.1. The highest BCUT2D eigenvalue weighted by atomic mass is 14.8. The molecule has 4 heterocycles. The lowest BCUT2D eigenvalue weighted by Gasteiger charge is -2.60. The predicted molar refractivity (Wildman–Crippen MR) is 184 cm³/mol. The van der Waals surface area contributed by atoms with Crippen LogP contribution in [0.15, 0.2) is 97.6 Å². The topological polar surface area (TPSA) is 51.6 Å². The molecule has 0 amide bonds. The summed E-state index contributed by atoms with van der Waals surface area (Å²) in [7, 11) is 0. The van der Waals surface area contributed by atoms with Crippen LogP contribution in [-0.4, -0.2) is 19.9 Å². The first kappa shape index (κ1) is 28.1. The van der Waals surface area contributed by atoms with E-state index in [1.54, 1.807) is 0 Å². The van der Waals surface area contributed by atoms with E-state index >= 15 is 0 Å². The van der Waals surface area contributed by atoms with Crippen LogP contribution in [-0.2, 0) is 12.8 Å². The van der Waals surface area contributed by atoms with Crippen molar-refractivity contribution >= 4 is 0 Å². The summed E-state index contributed by atoms with van der Waals surface area (Å²) in [6.45, 7) is 9.89. The van der Waals surface area contributed by atoms with Gasteiger partial charge < -0.3 is 0 Å². The van der Waals surface area contributed by atoms with Gasteiger partial charge in [-0.3, -0.25) is 19.9 Å². The summed E-state index contributed by atoms with van der Waals surface area (Å²) in [5.74, 6) is 3.61. The van der Waals surface area contributed by atoms with Crippen molar-refractivity contribution in [3.63, 3.8) is 0 Å². The molecule has 0 spiro atoms. The first-order valence-corrected chi connectivity index (χ1v) is 17.2. The van der Waals surface area contributed by atoms with Crippen LogP contribution in [0.4, 0.5) is 0 Å². The van der Waals surface area contributed by atoms with Gasteiger partial charge in [0.1, 0.15) is 0 Å². The van der Waals surface area contributed by atoms with E-state index in [2.05, 4.69) is 111 Å². The molecule has 2 fully saturated rings. The van der Waals surface area contributed by atoms with Gasteiger partial charge in [-0.05, 0) is 142 Å². The highest BCUT2D eigenvalue weighted by Crippen LogP contribution is 2.68. The molecule has 230 valence electrons. The maximum absolute atomic E-state index is 4.90. The smallest absolute Gasteiger partial charge is 0.0889 e. The summed E-state index contributed by atoms with van der Waals surface area (Å²) in [6.07, 6.45) is 12.8. The summed E-state index contributed by atoms with van der Waals surface area (Å²) >= 11 is 0. The minimum absolute atomic E-state index is 0.316. The number of aromatic nitrogens is 4. The lowest BCUT2D eigenvalue weighted by Crippen LogP contribution is -2.51. The minimum atomic E-state index is 0.316. The third-order valence-corrected chi connectivity index (χ3v) is 12.9. The maximum atomic E-state index is 4.90. The van der Waals surface area contributed by atoms with Gasteiger partial charge in [0.05, 0.1) is 22.8 Å². The van der Waals surface area contributed by atoms with Crippen LogP contribution in [0, 0.1) is 22.7 Å². The van der Waals surface area contributed by atoms with Gasteiger partial charge in [-0.2, -0.15) is 0 Å². The summed E-state index contributed by atoms with van der Waals surface area (Å²) in [6, 6.07) is 26.6. The molecule has 0 aliphatic heterocycles. The van der Waals surface area contributed by atoms with Crippen LogP contribution in [0.3, 0.4) is 0 Å². The van der Waals surface area contributed by atoms with Crippen molar-refractivity contribution in [2.24, 2.45) is 22.7 Å². The fraction of sp³-hybridized carbons (Fsp3) is 0.381. The van der Waals surface area contributed by atoms with E-state index in [9.17, 15) is 0 Å². The molecule has 6 aliphatic rings. The molecular formula is C42H42N4. The van der Waals surface area contributed by atoms with Crippen molar-refractivity contribution in [1.82, 2.24) is 19.9 Å². The maximum Gasteiger partial charge on any atom is 0.0889 e. The molecule has 11 rings (SSSR count). The van der Waals surface area contributed by atoms with E-state index in [0.29, 0.717) is 46.3 Å². The van der Waals surface area contributed by atoms with E-state index < -0.39 is 0 Å². The normalized spacial score (nSPS) is 27.5. The number of rotatable bonds is 6. The summed E-state index contributed by atoms with van der Waals surface area (Å²) in [5, 5.41) is 0. The van der Waals surface area contributed by atoms with Gasteiger partial charge in [0.15, 0.2) is 0 Å². The van der Waals surface area contributed by atoms with Gasteiger partial charge in [-0.1, -0.05) is 64.1 Å². The van der Waals surface area contributed by atoms with Crippen LogP contribution >= 0.6 is 0 Å². The lowest BCUT2D eigenvalue weighted by molar-refractivity contribution is -0.00603. The molecule has 2 saturated carbocycles. The highest BCUT2D eigenvalue weighted by Gasteiger charge is 2.58. The van der Waals surface area contributed by atoms with E-state index in [-0.39, 0.29) is 0 Å². The van der Waals surface area contributed by atoms with Gasteiger partial charge in [0.25, 0.3) is 0 Å². The van der Waals surface area contributed by atoms with Gasteiger partial charge in [0, 0.05) is 24.8 Å². The van der Waals surface area contributed by atoms with Crippen molar-refractivity contribution in [2.45, 2.75) is 77.0 Å². The Morgan fingerprint density at radius 1 is 0.522 bits per heavy atom. The molecule has 1 aromatic carbocycles. The Labute approximate surface area is 272 Å². The average Bonchev–Trinajstić information content (AvgIpc) is 3.09. The van der Waals surface area contributed by atoms with Gasteiger partial charge in [-0.15, -0.1) is 0 Å². The third-order valence-electron chi connectivity index (χ3n) is 12.9. The average molecular weight is 603 g/mol.